The predicted octanol–water partition coefficient (Wildman–Crippen LogP) is 1.54. The molecular formula is C15H16N4O3S. The van der Waals surface area contributed by atoms with Crippen molar-refractivity contribution in [1.82, 2.24) is 19.9 Å². The topological polar surface area (TPSA) is 88.3 Å². The number of hydrogen-bond acceptors (Lipinski definition) is 5. The number of rotatable bonds is 5. The van der Waals surface area contributed by atoms with Gasteiger partial charge in [0, 0.05) is 18.0 Å². The number of carbonyl (C=O) groups is 2. The van der Waals surface area contributed by atoms with Crippen LogP contribution >= 0.6 is 11.8 Å². The van der Waals surface area contributed by atoms with E-state index in [2.05, 4.69) is 10.3 Å². The van der Waals surface area contributed by atoms with Gasteiger partial charge in [0.2, 0.25) is 5.91 Å². The summed E-state index contributed by atoms with van der Waals surface area (Å²) in [4.78, 5) is 26.0. The van der Waals surface area contributed by atoms with Crippen molar-refractivity contribution in [3.63, 3.8) is 0 Å². The molecular weight excluding hydrogens is 316 g/mol. The van der Waals surface area contributed by atoms with E-state index < -0.39 is 5.97 Å². The van der Waals surface area contributed by atoms with Crippen LogP contribution in [0.4, 0.5) is 0 Å². The summed E-state index contributed by atoms with van der Waals surface area (Å²) in [5, 5.41) is 16.3. The Balaban J connectivity index is 1.54. The van der Waals surface area contributed by atoms with Crippen LogP contribution in [0.5, 0.6) is 0 Å². The van der Waals surface area contributed by atoms with E-state index in [1.54, 1.807) is 9.58 Å². The van der Waals surface area contributed by atoms with E-state index in [1.165, 1.54) is 18.0 Å². The molecule has 120 valence electrons. The molecule has 1 aromatic carbocycles. The fraction of sp³-hybridized carbons (Fsp3) is 0.333. The van der Waals surface area contributed by atoms with E-state index in [9.17, 15) is 9.59 Å². The molecule has 7 nitrogen and oxygen atoms in total. The zero-order valence-corrected chi connectivity index (χ0v) is 13.1. The SMILES string of the molecule is O=C(O)c1cn(C2CCN(C(=O)CSc3ccccc3)C2)nn1. The molecule has 8 heteroatoms. The Morgan fingerprint density at radius 2 is 2.09 bits per heavy atom. The van der Waals surface area contributed by atoms with Gasteiger partial charge in [-0.15, -0.1) is 16.9 Å². The Bertz CT molecular complexity index is 704. The average Bonchev–Trinajstić information content (AvgIpc) is 3.22. The molecule has 1 saturated heterocycles. The lowest BCUT2D eigenvalue weighted by Gasteiger charge is -2.16. The molecule has 1 aliphatic rings. The molecule has 0 spiro atoms. The minimum atomic E-state index is -1.10. The van der Waals surface area contributed by atoms with Crippen LogP contribution in [0, 0.1) is 0 Å². The van der Waals surface area contributed by atoms with Crippen LogP contribution in [-0.4, -0.2) is 55.7 Å². The third kappa shape index (κ3) is 3.70. The summed E-state index contributed by atoms with van der Waals surface area (Å²) < 4.78 is 1.54. The lowest BCUT2D eigenvalue weighted by Crippen LogP contribution is -2.30. The lowest BCUT2D eigenvalue weighted by molar-refractivity contribution is -0.127. The number of carboxylic acids is 1. The molecule has 23 heavy (non-hydrogen) atoms. The number of carbonyl (C=O) groups excluding carboxylic acids is 1. The van der Waals surface area contributed by atoms with Crippen LogP contribution in [-0.2, 0) is 4.79 Å². The molecule has 3 rings (SSSR count). The lowest BCUT2D eigenvalue weighted by atomic mass is 10.3. The van der Waals surface area contributed by atoms with Crippen LogP contribution in [0.15, 0.2) is 41.4 Å². The monoisotopic (exact) mass is 332 g/mol. The normalized spacial score (nSPS) is 17.4. The summed E-state index contributed by atoms with van der Waals surface area (Å²) in [6.45, 7) is 1.19. The zero-order valence-electron chi connectivity index (χ0n) is 12.3. The fourth-order valence-corrected chi connectivity index (χ4v) is 3.31. The summed E-state index contributed by atoms with van der Waals surface area (Å²) >= 11 is 1.52. The first-order chi connectivity index (χ1) is 11.1. The van der Waals surface area contributed by atoms with Crippen molar-refractivity contribution in [3.05, 3.63) is 42.2 Å². The van der Waals surface area contributed by atoms with Crippen LogP contribution < -0.4 is 0 Å². The van der Waals surface area contributed by atoms with Crippen molar-refractivity contribution in [1.29, 1.82) is 0 Å². The number of nitrogens with zero attached hydrogens (tertiary/aromatic N) is 4. The molecule has 1 fully saturated rings. The first-order valence-electron chi connectivity index (χ1n) is 7.24. The second kappa shape index (κ2) is 6.82. The van der Waals surface area contributed by atoms with Gasteiger partial charge < -0.3 is 10.0 Å². The zero-order chi connectivity index (χ0) is 16.2. The highest BCUT2D eigenvalue weighted by molar-refractivity contribution is 8.00. The Kier molecular flexibility index (Phi) is 4.61. The first kappa shape index (κ1) is 15.5. The van der Waals surface area contributed by atoms with Gasteiger partial charge in [-0.05, 0) is 18.6 Å². The standard InChI is InChI=1S/C15H16N4O3S/c20-14(10-23-12-4-2-1-3-5-12)18-7-6-11(8-18)19-9-13(15(21)22)16-17-19/h1-5,9,11H,6-8,10H2,(H,21,22). The van der Waals surface area contributed by atoms with Crippen LogP contribution in [0.25, 0.3) is 0 Å². The molecule has 1 aromatic heterocycles. The Hall–Kier alpha value is -2.35. The number of likely N-dealkylation sites (tertiary alicyclic amines) is 1. The van der Waals surface area contributed by atoms with Gasteiger partial charge >= 0.3 is 5.97 Å². The predicted molar refractivity (Wildman–Crippen MR) is 84.4 cm³/mol. The van der Waals surface area contributed by atoms with Crippen molar-refractivity contribution in [3.8, 4) is 0 Å². The highest BCUT2D eigenvalue weighted by Gasteiger charge is 2.28. The molecule has 1 unspecified atom stereocenters. The minimum Gasteiger partial charge on any atom is -0.476 e. The molecule has 2 aromatic rings. The van der Waals surface area contributed by atoms with Crippen LogP contribution in [0.3, 0.4) is 0 Å². The second-order valence-electron chi connectivity index (χ2n) is 5.27. The number of thioether (sulfide) groups is 1. The Morgan fingerprint density at radius 1 is 1.30 bits per heavy atom. The average molecular weight is 332 g/mol. The van der Waals surface area contributed by atoms with Gasteiger partial charge in [0.1, 0.15) is 0 Å². The highest BCUT2D eigenvalue weighted by Crippen LogP contribution is 2.23. The third-order valence-corrected chi connectivity index (χ3v) is 4.72. The largest absolute Gasteiger partial charge is 0.476 e. The van der Waals surface area contributed by atoms with E-state index in [0.717, 1.165) is 11.3 Å². The summed E-state index contributed by atoms with van der Waals surface area (Å²) in [5.41, 5.74) is -0.0746. The number of benzene rings is 1. The number of amides is 1. The molecule has 1 amide bonds. The molecule has 0 bridgehead atoms. The number of carboxylic acid groups (broad SMARTS) is 1. The quantitative estimate of drug-likeness (QED) is 0.836. The second-order valence-corrected chi connectivity index (χ2v) is 6.32. The van der Waals surface area contributed by atoms with Gasteiger partial charge in [-0.25, -0.2) is 9.48 Å². The Morgan fingerprint density at radius 3 is 2.78 bits per heavy atom. The van der Waals surface area contributed by atoms with E-state index in [0.29, 0.717) is 18.8 Å². The van der Waals surface area contributed by atoms with Gasteiger partial charge in [0.25, 0.3) is 0 Å². The van der Waals surface area contributed by atoms with Crippen LogP contribution in [0.1, 0.15) is 23.0 Å². The molecule has 0 radical (unpaired) electrons. The first-order valence-corrected chi connectivity index (χ1v) is 8.23. The smallest absolute Gasteiger partial charge is 0.358 e. The molecule has 1 aliphatic heterocycles. The molecule has 1 atom stereocenters. The molecule has 0 aliphatic carbocycles. The summed E-state index contributed by atoms with van der Waals surface area (Å²) in [5.74, 6) is -0.615. The maximum absolute atomic E-state index is 12.3. The van der Waals surface area contributed by atoms with E-state index in [4.69, 9.17) is 5.11 Å². The van der Waals surface area contributed by atoms with Crippen molar-refractivity contribution < 1.29 is 14.7 Å². The highest BCUT2D eigenvalue weighted by atomic mass is 32.2. The van der Waals surface area contributed by atoms with Gasteiger partial charge in [-0.3, -0.25) is 4.79 Å². The van der Waals surface area contributed by atoms with Crippen molar-refractivity contribution in [2.45, 2.75) is 17.4 Å². The van der Waals surface area contributed by atoms with Crippen molar-refractivity contribution in [2.75, 3.05) is 18.8 Å². The van der Waals surface area contributed by atoms with E-state index >= 15 is 0 Å². The van der Waals surface area contributed by atoms with Crippen LogP contribution in [0.2, 0.25) is 0 Å². The summed E-state index contributed by atoms with van der Waals surface area (Å²) in [7, 11) is 0. The maximum atomic E-state index is 12.3. The van der Waals surface area contributed by atoms with Crippen molar-refractivity contribution >= 4 is 23.6 Å². The molecule has 1 N–H and O–H groups in total. The van der Waals surface area contributed by atoms with E-state index in [1.807, 2.05) is 30.3 Å². The Labute approximate surface area is 137 Å². The van der Waals surface area contributed by atoms with Gasteiger partial charge in [-0.2, -0.15) is 0 Å². The summed E-state index contributed by atoms with van der Waals surface area (Å²) in [6, 6.07) is 9.79. The third-order valence-electron chi connectivity index (χ3n) is 3.73. The van der Waals surface area contributed by atoms with Gasteiger partial charge in [0.15, 0.2) is 5.69 Å². The fourth-order valence-electron chi connectivity index (χ4n) is 2.49. The number of aromatic nitrogens is 3. The van der Waals surface area contributed by atoms with Gasteiger partial charge in [-0.1, -0.05) is 23.4 Å². The van der Waals surface area contributed by atoms with E-state index in [-0.39, 0.29) is 17.6 Å². The number of aromatic carboxylic acids is 1. The number of hydrogen-bond donors (Lipinski definition) is 1. The molecule has 2 heterocycles. The maximum Gasteiger partial charge on any atom is 0.358 e. The summed E-state index contributed by atoms with van der Waals surface area (Å²) in [6.07, 6.45) is 2.17. The minimum absolute atomic E-state index is 0.0127. The molecule has 0 saturated carbocycles. The van der Waals surface area contributed by atoms with Crippen molar-refractivity contribution in [2.24, 2.45) is 0 Å². The van der Waals surface area contributed by atoms with Gasteiger partial charge in [0.05, 0.1) is 18.0 Å².